The molecule has 25 heavy (non-hydrogen) atoms. The lowest BCUT2D eigenvalue weighted by atomic mass is 9.92. The second kappa shape index (κ2) is 7.32. The van der Waals surface area contributed by atoms with Gasteiger partial charge in [-0.15, -0.1) is 0 Å². The fourth-order valence-corrected chi connectivity index (χ4v) is 3.21. The highest BCUT2D eigenvalue weighted by atomic mass is 16.5. The number of nitrogens with one attached hydrogen (secondary N) is 1. The summed E-state index contributed by atoms with van der Waals surface area (Å²) in [5.41, 5.74) is 1.57. The zero-order valence-corrected chi connectivity index (χ0v) is 16.0. The maximum absolute atomic E-state index is 12.7. The maximum Gasteiger partial charge on any atom is 0.229 e. The van der Waals surface area contributed by atoms with Crippen LogP contribution in [0.4, 0.5) is 0 Å². The number of rotatable bonds is 6. The van der Waals surface area contributed by atoms with E-state index in [1.807, 2.05) is 26.8 Å². The fraction of sp³-hybridized carbons (Fsp3) is 0.700. The first kappa shape index (κ1) is 18.2. The molecule has 1 saturated carbocycles. The number of amides is 1. The van der Waals surface area contributed by atoms with Crippen molar-refractivity contribution in [3.8, 4) is 5.88 Å². The number of hydrogen-bond donors (Lipinski definition) is 1. The Morgan fingerprint density at radius 3 is 2.60 bits per heavy atom. The predicted molar refractivity (Wildman–Crippen MR) is 98.9 cm³/mol. The van der Waals surface area contributed by atoms with Crippen LogP contribution in [0.25, 0.3) is 0 Å². The number of hydrogen-bond acceptors (Lipinski definition) is 4. The third-order valence-corrected chi connectivity index (χ3v) is 5.28. The van der Waals surface area contributed by atoms with Crippen LogP contribution >= 0.6 is 0 Å². The first-order chi connectivity index (χ1) is 11.8. The molecule has 138 valence electrons. The van der Waals surface area contributed by atoms with Crippen molar-refractivity contribution in [2.24, 2.45) is 5.41 Å². The highest BCUT2D eigenvalue weighted by molar-refractivity contribution is 5.82. The number of ether oxygens (including phenoxy) is 1. The molecule has 0 aromatic carbocycles. The van der Waals surface area contributed by atoms with Gasteiger partial charge in [0.05, 0.1) is 5.41 Å². The Hall–Kier alpha value is -1.62. The average Bonchev–Trinajstić information content (AvgIpc) is 3.40. The molecule has 1 amide bonds. The van der Waals surface area contributed by atoms with E-state index in [0.717, 1.165) is 31.6 Å². The van der Waals surface area contributed by atoms with Gasteiger partial charge in [0.2, 0.25) is 11.8 Å². The lowest BCUT2D eigenvalue weighted by Crippen LogP contribution is -2.49. The van der Waals surface area contributed by atoms with Crippen molar-refractivity contribution in [1.29, 1.82) is 0 Å². The summed E-state index contributed by atoms with van der Waals surface area (Å²) in [5, 5.41) is 3.21. The van der Waals surface area contributed by atoms with E-state index in [1.165, 1.54) is 18.4 Å². The molecular weight excluding hydrogens is 314 g/mol. The van der Waals surface area contributed by atoms with Gasteiger partial charge in [-0.2, -0.15) is 0 Å². The van der Waals surface area contributed by atoms with Crippen LogP contribution in [0.5, 0.6) is 5.88 Å². The van der Waals surface area contributed by atoms with Crippen LogP contribution in [0.2, 0.25) is 0 Å². The molecule has 1 aromatic rings. The first-order valence-electron chi connectivity index (χ1n) is 9.45. The van der Waals surface area contributed by atoms with E-state index in [0.29, 0.717) is 18.4 Å². The molecule has 0 spiro atoms. The minimum atomic E-state index is -0.574. The van der Waals surface area contributed by atoms with Gasteiger partial charge in [-0.25, -0.2) is 4.98 Å². The molecule has 3 rings (SSSR count). The number of nitrogens with zero attached hydrogens (tertiary/aromatic N) is 2. The van der Waals surface area contributed by atoms with Crippen molar-refractivity contribution in [3.05, 3.63) is 23.4 Å². The van der Waals surface area contributed by atoms with Gasteiger partial charge < -0.3 is 15.0 Å². The summed E-state index contributed by atoms with van der Waals surface area (Å²) < 4.78 is 6.03. The topological polar surface area (TPSA) is 54.5 Å². The summed E-state index contributed by atoms with van der Waals surface area (Å²) in [5.74, 6) is 1.37. The van der Waals surface area contributed by atoms with E-state index < -0.39 is 5.41 Å². The maximum atomic E-state index is 12.7. The normalized spacial score (nSPS) is 19.7. The number of likely N-dealkylation sites (tertiary alicyclic amines) is 1. The van der Waals surface area contributed by atoms with E-state index >= 15 is 0 Å². The fourth-order valence-electron chi connectivity index (χ4n) is 3.21. The molecule has 0 atom stereocenters. The largest absolute Gasteiger partial charge is 0.476 e. The standard InChI is InChI=1S/C20H31N3O2/c1-14-5-8-17(15-6-7-15)18(21-14)25-13-20(2,3)19(24)22-16-9-11-23(4)12-10-16/h5,8,15-16H,6-7,9-13H2,1-4H3,(H,22,24). The summed E-state index contributed by atoms with van der Waals surface area (Å²) >= 11 is 0. The number of carbonyl (C=O) groups excluding carboxylic acids is 1. The van der Waals surface area contributed by atoms with E-state index in [1.54, 1.807) is 0 Å². The Bertz CT molecular complexity index is 617. The van der Waals surface area contributed by atoms with Crippen LogP contribution in [0.1, 0.15) is 56.7 Å². The monoisotopic (exact) mass is 345 g/mol. The SMILES string of the molecule is Cc1ccc(C2CC2)c(OCC(C)(C)C(=O)NC2CCN(C)CC2)n1. The minimum absolute atomic E-state index is 0.0719. The van der Waals surface area contributed by atoms with Gasteiger partial charge in [-0.05, 0) is 78.6 Å². The van der Waals surface area contributed by atoms with Crippen molar-refractivity contribution in [2.75, 3.05) is 26.7 Å². The van der Waals surface area contributed by atoms with Crippen LogP contribution in [0.3, 0.4) is 0 Å². The summed E-state index contributed by atoms with van der Waals surface area (Å²) in [6.07, 6.45) is 4.46. The van der Waals surface area contributed by atoms with E-state index in [-0.39, 0.29) is 11.9 Å². The van der Waals surface area contributed by atoms with Gasteiger partial charge in [-0.3, -0.25) is 4.79 Å². The molecule has 2 heterocycles. The lowest BCUT2D eigenvalue weighted by molar-refractivity contribution is -0.131. The highest BCUT2D eigenvalue weighted by Gasteiger charge is 2.33. The first-order valence-corrected chi connectivity index (χ1v) is 9.45. The molecule has 0 bridgehead atoms. The lowest BCUT2D eigenvalue weighted by Gasteiger charge is -2.32. The summed E-state index contributed by atoms with van der Waals surface area (Å²) in [4.78, 5) is 19.6. The molecule has 5 nitrogen and oxygen atoms in total. The molecule has 0 unspecified atom stereocenters. The van der Waals surface area contributed by atoms with Crippen molar-refractivity contribution < 1.29 is 9.53 Å². The van der Waals surface area contributed by atoms with Crippen molar-refractivity contribution >= 4 is 5.91 Å². The molecule has 1 N–H and O–H groups in total. The third kappa shape index (κ3) is 4.72. The molecule has 1 aromatic heterocycles. The zero-order chi connectivity index (χ0) is 18.0. The van der Waals surface area contributed by atoms with Gasteiger partial charge in [0, 0.05) is 17.3 Å². The third-order valence-electron chi connectivity index (χ3n) is 5.28. The predicted octanol–water partition coefficient (Wildman–Crippen LogP) is 2.88. The number of aryl methyl sites for hydroxylation is 1. The molecule has 1 saturated heterocycles. The van der Waals surface area contributed by atoms with Crippen molar-refractivity contribution in [3.63, 3.8) is 0 Å². The van der Waals surface area contributed by atoms with Gasteiger partial charge in [-0.1, -0.05) is 6.07 Å². The van der Waals surface area contributed by atoms with Crippen LogP contribution in [0, 0.1) is 12.3 Å². The van der Waals surface area contributed by atoms with Crippen molar-refractivity contribution in [1.82, 2.24) is 15.2 Å². The van der Waals surface area contributed by atoms with Crippen LogP contribution in [0.15, 0.2) is 12.1 Å². The second-order valence-corrected chi connectivity index (χ2v) is 8.34. The molecule has 2 aliphatic rings. The molecule has 1 aliphatic heterocycles. The van der Waals surface area contributed by atoms with E-state index in [4.69, 9.17) is 4.74 Å². The quantitative estimate of drug-likeness (QED) is 0.861. The number of aromatic nitrogens is 1. The van der Waals surface area contributed by atoms with E-state index in [2.05, 4.69) is 28.3 Å². The highest BCUT2D eigenvalue weighted by Crippen LogP contribution is 2.43. The summed E-state index contributed by atoms with van der Waals surface area (Å²) in [6.45, 7) is 8.30. The Balaban J connectivity index is 1.58. The molecule has 5 heteroatoms. The van der Waals surface area contributed by atoms with Gasteiger partial charge in [0.15, 0.2) is 0 Å². The number of carbonyl (C=O) groups is 1. The van der Waals surface area contributed by atoms with Crippen LogP contribution in [-0.4, -0.2) is 48.6 Å². The Labute approximate surface area is 151 Å². The Morgan fingerprint density at radius 2 is 1.96 bits per heavy atom. The Morgan fingerprint density at radius 1 is 1.28 bits per heavy atom. The summed E-state index contributed by atoms with van der Waals surface area (Å²) in [7, 11) is 2.13. The zero-order valence-electron chi connectivity index (χ0n) is 16.0. The average molecular weight is 345 g/mol. The van der Waals surface area contributed by atoms with Gasteiger partial charge in [0.25, 0.3) is 0 Å². The van der Waals surface area contributed by atoms with Crippen LogP contribution < -0.4 is 10.1 Å². The Kier molecular flexibility index (Phi) is 5.32. The summed E-state index contributed by atoms with van der Waals surface area (Å²) in [6, 6.07) is 4.45. The molecule has 1 aliphatic carbocycles. The second-order valence-electron chi connectivity index (χ2n) is 8.34. The van der Waals surface area contributed by atoms with Crippen LogP contribution in [-0.2, 0) is 4.79 Å². The molecule has 2 fully saturated rings. The molecular formula is C20H31N3O2. The van der Waals surface area contributed by atoms with Gasteiger partial charge in [0.1, 0.15) is 6.61 Å². The van der Waals surface area contributed by atoms with E-state index in [9.17, 15) is 4.79 Å². The smallest absolute Gasteiger partial charge is 0.229 e. The minimum Gasteiger partial charge on any atom is -0.476 e. The molecule has 0 radical (unpaired) electrons. The number of pyridine rings is 1. The van der Waals surface area contributed by atoms with Crippen molar-refractivity contribution in [2.45, 2.75) is 58.4 Å². The van der Waals surface area contributed by atoms with Gasteiger partial charge >= 0.3 is 0 Å². The number of piperidine rings is 1.